The van der Waals surface area contributed by atoms with E-state index in [2.05, 4.69) is 10.3 Å². The summed E-state index contributed by atoms with van der Waals surface area (Å²) in [6.07, 6.45) is 2.59. The van der Waals surface area contributed by atoms with Gasteiger partial charge in [0.15, 0.2) is 0 Å². The Morgan fingerprint density at radius 2 is 2.00 bits per heavy atom. The number of sulfonamides is 1. The zero-order valence-electron chi connectivity index (χ0n) is 7.91. The Labute approximate surface area is 79.6 Å². The fourth-order valence-electron chi connectivity index (χ4n) is 0.810. The summed E-state index contributed by atoms with van der Waals surface area (Å²) >= 11 is 0. The van der Waals surface area contributed by atoms with Gasteiger partial charge in [-0.3, -0.25) is 0 Å². The molecule has 0 aromatic heterocycles. The summed E-state index contributed by atoms with van der Waals surface area (Å²) < 4.78 is 22.2. The lowest BCUT2D eigenvalue weighted by molar-refractivity contribution is 0.290. The van der Waals surface area contributed by atoms with E-state index in [0.29, 0.717) is 6.42 Å². The van der Waals surface area contributed by atoms with Crippen LogP contribution in [-0.2, 0) is 10.0 Å². The van der Waals surface area contributed by atoms with Gasteiger partial charge in [0.05, 0.1) is 12.4 Å². The summed E-state index contributed by atoms with van der Waals surface area (Å²) in [5.74, 6) is 0.138. The molecular formula is C7H18N2O3S. The maximum atomic E-state index is 11.1. The fourth-order valence-corrected chi connectivity index (χ4v) is 1.82. The number of aliphatic hydroxyl groups excluding tert-OH is 1. The molecule has 0 aliphatic heterocycles. The van der Waals surface area contributed by atoms with Gasteiger partial charge in [-0.2, -0.15) is 4.83 Å². The van der Waals surface area contributed by atoms with Gasteiger partial charge in [0.25, 0.3) is 0 Å². The number of hydrazine groups is 1. The van der Waals surface area contributed by atoms with Gasteiger partial charge in [-0.15, -0.1) is 0 Å². The highest BCUT2D eigenvalue weighted by Crippen LogP contribution is 1.96. The molecule has 0 spiro atoms. The van der Waals surface area contributed by atoms with Gasteiger partial charge in [-0.1, -0.05) is 19.8 Å². The highest BCUT2D eigenvalue weighted by Gasteiger charge is 2.07. The van der Waals surface area contributed by atoms with Crippen LogP contribution in [0.2, 0.25) is 0 Å². The van der Waals surface area contributed by atoms with Crippen LogP contribution in [0.3, 0.4) is 0 Å². The summed E-state index contributed by atoms with van der Waals surface area (Å²) in [5, 5.41) is 8.38. The topological polar surface area (TPSA) is 78.4 Å². The highest BCUT2D eigenvalue weighted by molar-refractivity contribution is 7.89. The predicted octanol–water partition coefficient (Wildman–Crippen LogP) is -0.407. The standard InChI is InChI=1S/C7H18N2O3S/c1-2-3-4-7-13(11,12)9-8-5-6-10/h8-10H,2-7H2,1H3. The monoisotopic (exact) mass is 210 g/mol. The Kier molecular flexibility index (Phi) is 7.16. The SMILES string of the molecule is CCCCCS(=O)(=O)NNCCO. The molecule has 0 saturated carbocycles. The Morgan fingerprint density at radius 1 is 1.31 bits per heavy atom. The molecule has 0 saturated heterocycles. The predicted molar refractivity (Wildman–Crippen MR) is 51.5 cm³/mol. The number of aliphatic hydroxyl groups is 1. The van der Waals surface area contributed by atoms with Gasteiger partial charge in [-0.25, -0.2) is 13.8 Å². The Bertz CT molecular complexity index is 188. The van der Waals surface area contributed by atoms with Crippen molar-refractivity contribution < 1.29 is 13.5 Å². The molecule has 13 heavy (non-hydrogen) atoms. The van der Waals surface area contributed by atoms with Crippen LogP contribution in [-0.4, -0.2) is 32.4 Å². The van der Waals surface area contributed by atoms with E-state index in [0.717, 1.165) is 12.8 Å². The minimum absolute atomic E-state index is 0.0858. The van der Waals surface area contributed by atoms with Crippen LogP contribution < -0.4 is 10.3 Å². The van der Waals surface area contributed by atoms with Gasteiger partial charge < -0.3 is 5.11 Å². The van der Waals surface area contributed by atoms with Crippen LogP contribution in [0, 0.1) is 0 Å². The third kappa shape index (κ3) is 8.17. The van der Waals surface area contributed by atoms with E-state index in [-0.39, 0.29) is 18.9 Å². The van der Waals surface area contributed by atoms with Crippen LogP contribution in [0.25, 0.3) is 0 Å². The van der Waals surface area contributed by atoms with Crippen molar-refractivity contribution in [1.82, 2.24) is 10.3 Å². The van der Waals surface area contributed by atoms with Crippen LogP contribution >= 0.6 is 0 Å². The lowest BCUT2D eigenvalue weighted by atomic mass is 10.3. The molecule has 0 atom stereocenters. The summed E-state index contributed by atoms with van der Waals surface area (Å²) in [6.45, 7) is 2.16. The first kappa shape index (κ1) is 12.8. The second-order valence-electron chi connectivity index (χ2n) is 2.78. The average molecular weight is 210 g/mol. The van der Waals surface area contributed by atoms with Crippen molar-refractivity contribution in [1.29, 1.82) is 0 Å². The van der Waals surface area contributed by atoms with Crippen LogP contribution in [0.5, 0.6) is 0 Å². The molecule has 5 nitrogen and oxygen atoms in total. The van der Waals surface area contributed by atoms with Crippen molar-refractivity contribution in [3.05, 3.63) is 0 Å². The van der Waals surface area contributed by atoms with Crippen molar-refractivity contribution in [2.75, 3.05) is 18.9 Å². The maximum absolute atomic E-state index is 11.1. The second-order valence-corrected chi connectivity index (χ2v) is 4.62. The molecule has 0 fully saturated rings. The quantitative estimate of drug-likeness (QED) is 0.376. The number of unbranched alkanes of at least 4 members (excludes halogenated alkanes) is 2. The minimum atomic E-state index is -3.20. The number of hydrogen-bond donors (Lipinski definition) is 3. The summed E-state index contributed by atoms with van der Waals surface area (Å²) in [7, 11) is -3.20. The normalized spacial score (nSPS) is 11.8. The Morgan fingerprint density at radius 3 is 2.54 bits per heavy atom. The zero-order chi connectivity index (χ0) is 10.2. The highest BCUT2D eigenvalue weighted by atomic mass is 32.2. The van der Waals surface area contributed by atoms with Gasteiger partial charge in [0, 0.05) is 6.54 Å². The van der Waals surface area contributed by atoms with Crippen LogP contribution in [0.1, 0.15) is 26.2 Å². The smallest absolute Gasteiger partial charge is 0.224 e. The van der Waals surface area contributed by atoms with E-state index < -0.39 is 10.0 Å². The van der Waals surface area contributed by atoms with Crippen molar-refractivity contribution in [2.45, 2.75) is 26.2 Å². The van der Waals surface area contributed by atoms with Crippen LogP contribution in [0.15, 0.2) is 0 Å². The summed E-state index contributed by atoms with van der Waals surface area (Å²) in [4.78, 5) is 2.18. The van der Waals surface area contributed by atoms with E-state index in [1.165, 1.54) is 0 Å². The van der Waals surface area contributed by atoms with Crippen molar-refractivity contribution in [3.63, 3.8) is 0 Å². The summed E-state index contributed by atoms with van der Waals surface area (Å²) in [6, 6.07) is 0. The molecule has 80 valence electrons. The van der Waals surface area contributed by atoms with Gasteiger partial charge in [-0.05, 0) is 6.42 Å². The van der Waals surface area contributed by atoms with Gasteiger partial charge in [0.2, 0.25) is 10.0 Å². The van der Waals surface area contributed by atoms with E-state index >= 15 is 0 Å². The van der Waals surface area contributed by atoms with Gasteiger partial charge >= 0.3 is 0 Å². The molecule has 3 N–H and O–H groups in total. The number of nitrogens with one attached hydrogen (secondary N) is 2. The first-order valence-electron chi connectivity index (χ1n) is 4.45. The van der Waals surface area contributed by atoms with Crippen LogP contribution in [0.4, 0.5) is 0 Å². The minimum Gasteiger partial charge on any atom is -0.395 e. The molecule has 6 heteroatoms. The Balaban J connectivity index is 3.55. The number of hydrogen-bond acceptors (Lipinski definition) is 4. The van der Waals surface area contributed by atoms with Crippen molar-refractivity contribution in [2.24, 2.45) is 0 Å². The zero-order valence-corrected chi connectivity index (χ0v) is 8.73. The molecule has 0 radical (unpaired) electrons. The molecular weight excluding hydrogens is 192 g/mol. The lowest BCUT2D eigenvalue weighted by Gasteiger charge is -2.06. The first-order chi connectivity index (χ1) is 6.12. The second kappa shape index (κ2) is 7.25. The molecule has 0 amide bonds. The molecule has 0 aromatic rings. The largest absolute Gasteiger partial charge is 0.395 e. The maximum Gasteiger partial charge on any atom is 0.224 e. The van der Waals surface area contributed by atoms with E-state index in [4.69, 9.17) is 5.11 Å². The molecule has 0 aliphatic carbocycles. The van der Waals surface area contributed by atoms with Crippen molar-refractivity contribution in [3.8, 4) is 0 Å². The Hall–Kier alpha value is -0.170. The van der Waals surface area contributed by atoms with E-state index in [9.17, 15) is 8.42 Å². The molecule has 0 rings (SSSR count). The van der Waals surface area contributed by atoms with Gasteiger partial charge in [0.1, 0.15) is 0 Å². The average Bonchev–Trinajstić information content (AvgIpc) is 2.05. The number of rotatable bonds is 8. The molecule has 0 aromatic carbocycles. The molecule has 0 unspecified atom stereocenters. The van der Waals surface area contributed by atoms with E-state index in [1.807, 2.05) is 6.92 Å². The summed E-state index contributed by atoms with van der Waals surface area (Å²) in [5.41, 5.74) is 2.41. The fraction of sp³-hybridized carbons (Fsp3) is 1.00. The molecule has 0 heterocycles. The third-order valence-electron chi connectivity index (χ3n) is 1.48. The third-order valence-corrected chi connectivity index (χ3v) is 2.76. The lowest BCUT2D eigenvalue weighted by Crippen LogP contribution is -2.40. The molecule has 0 aliphatic rings. The van der Waals surface area contributed by atoms with Crippen molar-refractivity contribution >= 4 is 10.0 Å². The molecule has 0 bridgehead atoms. The van der Waals surface area contributed by atoms with E-state index in [1.54, 1.807) is 0 Å². The first-order valence-corrected chi connectivity index (χ1v) is 6.11.